The van der Waals surface area contributed by atoms with Crippen LogP contribution < -0.4 is 0 Å². The minimum Gasteiger partial charge on any atom is -0.508 e. The lowest BCUT2D eigenvalue weighted by atomic mass is 10.1. The SMILES string of the molecule is CC(=N)/C(C(C)=O)=C(\O)COC(=O)Cn1nnc(-c2ccc(C)cc2)n1. The van der Waals surface area contributed by atoms with E-state index >= 15 is 0 Å². The summed E-state index contributed by atoms with van der Waals surface area (Å²) in [5.74, 6) is -1.29. The van der Waals surface area contributed by atoms with Gasteiger partial charge in [-0.1, -0.05) is 29.8 Å². The Labute approximate surface area is 149 Å². The fourth-order valence-corrected chi connectivity index (χ4v) is 2.19. The molecule has 1 aromatic carbocycles. The Hall–Kier alpha value is -3.36. The van der Waals surface area contributed by atoms with Gasteiger partial charge in [0.25, 0.3) is 0 Å². The van der Waals surface area contributed by atoms with Crippen molar-refractivity contribution >= 4 is 17.5 Å². The predicted molar refractivity (Wildman–Crippen MR) is 92.7 cm³/mol. The third-order valence-corrected chi connectivity index (χ3v) is 3.42. The molecule has 0 unspecified atom stereocenters. The molecule has 26 heavy (non-hydrogen) atoms. The van der Waals surface area contributed by atoms with Crippen LogP contribution in [0.15, 0.2) is 35.6 Å². The van der Waals surface area contributed by atoms with Gasteiger partial charge < -0.3 is 15.3 Å². The molecule has 9 nitrogen and oxygen atoms in total. The smallest absolute Gasteiger partial charge is 0.330 e. The Morgan fingerprint density at radius 1 is 1.23 bits per heavy atom. The topological polar surface area (TPSA) is 131 Å². The lowest BCUT2D eigenvalue weighted by Crippen LogP contribution is -2.19. The third kappa shape index (κ3) is 4.82. The van der Waals surface area contributed by atoms with Crippen molar-refractivity contribution in [3.8, 4) is 11.4 Å². The number of aliphatic hydroxyl groups is 1. The van der Waals surface area contributed by atoms with E-state index in [0.717, 1.165) is 15.9 Å². The van der Waals surface area contributed by atoms with Crippen LogP contribution in [0.4, 0.5) is 0 Å². The van der Waals surface area contributed by atoms with Gasteiger partial charge in [0, 0.05) is 11.3 Å². The molecule has 0 saturated heterocycles. The van der Waals surface area contributed by atoms with Crippen molar-refractivity contribution in [3.63, 3.8) is 0 Å². The minimum absolute atomic E-state index is 0.105. The second kappa shape index (κ2) is 8.15. The van der Waals surface area contributed by atoms with Gasteiger partial charge >= 0.3 is 5.97 Å². The van der Waals surface area contributed by atoms with E-state index in [4.69, 9.17) is 10.1 Å². The number of nitrogens with one attached hydrogen (secondary N) is 1. The maximum atomic E-state index is 11.8. The summed E-state index contributed by atoms with van der Waals surface area (Å²) < 4.78 is 4.90. The Balaban J connectivity index is 1.98. The molecule has 0 aliphatic heterocycles. The standard InChI is InChI=1S/C17H19N5O4/c1-10-4-6-13(7-5-10)17-19-21-22(20-17)8-15(25)26-9-14(24)16(11(2)18)12(3)23/h4-7,18,24H,8-9H2,1-3H3/b16-14+,18-11?. The molecule has 136 valence electrons. The zero-order valence-electron chi connectivity index (χ0n) is 14.7. The number of aliphatic hydroxyl groups excluding tert-OH is 1. The Morgan fingerprint density at radius 2 is 1.88 bits per heavy atom. The van der Waals surface area contributed by atoms with Crippen molar-refractivity contribution in [2.24, 2.45) is 0 Å². The van der Waals surface area contributed by atoms with Gasteiger partial charge in [-0.3, -0.25) is 4.79 Å². The highest BCUT2D eigenvalue weighted by Gasteiger charge is 2.16. The summed E-state index contributed by atoms with van der Waals surface area (Å²) in [6.45, 7) is 3.73. The number of benzene rings is 1. The lowest BCUT2D eigenvalue weighted by Gasteiger charge is -2.07. The van der Waals surface area contributed by atoms with Crippen LogP contribution in [-0.4, -0.2) is 49.4 Å². The van der Waals surface area contributed by atoms with E-state index < -0.39 is 24.1 Å². The molecule has 2 rings (SSSR count). The summed E-state index contributed by atoms with van der Waals surface area (Å²) in [4.78, 5) is 24.3. The normalized spacial score (nSPS) is 11.7. The molecule has 1 heterocycles. The molecule has 0 amide bonds. The highest BCUT2D eigenvalue weighted by molar-refractivity contribution is 6.19. The van der Waals surface area contributed by atoms with Crippen molar-refractivity contribution in [1.82, 2.24) is 20.2 Å². The Kier molecular flexibility index (Phi) is 5.94. The van der Waals surface area contributed by atoms with E-state index in [-0.39, 0.29) is 17.8 Å². The maximum absolute atomic E-state index is 11.8. The van der Waals surface area contributed by atoms with Crippen LogP contribution in [0.2, 0.25) is 0 Å². The fourth-order valence-electron chi connectivity index (χ4n) is 2.19. The van der Waals surface area contributed by atoms with Gasteiger partial charge in [0.15, 0.2) is 12.3 Å². The number of carbonyl (C=O) groups is 2. The van der Waals surface area contributed by atoms with Crippen LogP contribution >= 0.6 is 0 Å². The minimum atomic E-state index is -0.713. The van der Waals surface area contributed by atoms with Crippen LogP contribution in [0, 0.1) is 12.3 Å². The van der Waals surface area contributed by atoms with Crippen molar-refractivity contribution in [2.75, 3.05) is 6.61 Å². The first-order chi connectivity index (χ1) is 12.3. The van der Waals surface area contributed by atoms with E-state index in [0.29, 0.717) is 5.82 Å². The number of esters is 1. The molecule has 1 aromatic heterocycles. The number of tetrazole rings is 1. The highest BCUT2D eigenvalue weighted by Crippen LogP contribution is 2.14. The first-order valence-corrected chi connectivity index (χ1v) is 7.77. The van der Waals surface area contributed by atoms with Crippen molar-refractivity contribution in [2.45, 2.75) is 27.3 Å². The summed E-state index contributed by atoms with van der Waals surface area (Å²) in [7, 11) is 0. The van der Waals surface area contributed by atoms with Gasteiger partial charge in [-0.05, 0) is 26.0 Å². The zero-order valence-corrected chi connectivity index (χ0v) is 14.7. The number of aromatic nitrogens is 4. The summed E-state index contributed by atoms with van der Waals surface area (Å²) in [5, 5.41) is 29.1. The van der Waals surface area contributed by atoms with Crippen molar-refractivity contribution in [3.05, 3.63) is 41.2 Å². The quantitative estimate of drug-likeness (QED) is 0.333. The molecule has 2 N–H and O–H groups in total. The average Bonchev–Trinajstić information content (AvgIpc) is 3.01. The molecule has 0 radical (unpaired) electrons. The monoisotopic (exact) mass is 357 g/mol. The number of Topliss-reactive ketones (excluding diaryl/α,β-unsaturated/α-hetero) is 1. The molecule has 0 atom stereocenters. The summed E-state index contributed by atoms with van der Waals surface area (Å²) in [5.41, 5.74) is 1.59. The largest absolute Gasteiger partial charge is 0.508 e. The maximum Gasteiger partial charge on any atom is 0.330 e. The summed E-state index contributed by atoms with van der Waals surface area (Å²) in [6.07, 6.45) is 0. The molecule has 0 saturated carbocycles. The first kappa shape index (κ1) is 19.0. The molecule has 2 aromatic rings. The molecule has 0 bridgehead atoms. The number of rotatable bonds is 7. The van der Waals surface area contributed by atoms with Gasteiger partial charge in [-0.15, -0.1) is 10.2 Å². The second-order valence-corrected chi connectivity index (χ2v) is 5.67. The van der Waals surface area contributed by atoms with E-state index in [9.17, 15) is 14.7 Å². The van der Waals surface area contributed by atoms with Crippen LogP contribution in [-0.2, 0) is 20.9 Å². The summed E-state index contributed by atoms with van der Waals surface area (Å²) >= 11 is 0. The van der Waals surface area contributed by atoms with Crippen LogP contribution in [0.25, 0.3) is 11.4 Å². The van der Waals surface area contributed by atoms with E-state index in [1.54, 1.807) is 0 Å². The molecule has 9 heteroatoms. The third-order valence-electron chi connectivity index (χ3n) is 3.42. The fraction of sp³-hybridized carbons (Fsp3) is 0.294. The number of aryl methyl sites for hydroxylation is 1. The van der Waals surface area contributed by atoms with E-state index in [2.05, 4.69) is 15.4 Å². The number of carbonyl (C=O) groups excluding carboxylic acids is 2. The average molecular weight is 357 g/mol. The Morgan fingerprint density at radius 3 is 2.46 bits per heavy atom. The van der Waals surface area contributed by atoms with Crippen molar-refractivity contribution < 1.29 is 19.4 Å². The number of hydrogen-bond acceptors (Lipinski definition) is 8. The molecular formula is C17H19N5O4. The van der Waals surface area contributed by atoms with E-state index in [1.165, 1.54) is 13.8 Å². The van der Waals surface area contributed by atoms with Gasteiger partial charge in [0.2, 0.25) is 5.82 Å². The number of allylic oxidation sites excluding steroid dienone is 1. The summed E-state index contributed by atoms with van der Waals surface area (Å²) in [6, 6.07) is 7.52. The highest BCUT2D eigenvalue weighted by atomic mass is 16.5. The lowest BCUT2D eigenvalue weighted by molar-refractivity contribution is -0.144. The van der Waals surface area contributed by atoms with Crippen LogP contribution in [0.3, 0.4) is 0 Å². The van der Waals surface area contributed by atoms with Crippen LogP contribution in [0.5, 0.6) is 0 Å². The number of ether oxygens (including phenoxy) is 1. The predicted octanol–water partition coefficient (Wildman–Crippen LogP) is 1.63. The van der Waals surface area contributed by atoms with Gasteiger partial charge in [0.05, 0.1) is 5.57 Å². The van der Waals surface area contributed by atoms with Gasteiger partial charge in [-0.2, -0.15) is 4.80 Å². The van der Waals surface area contributed by atoms with E-state index in [1.807, 2.05) is 31.2 Å². The number of ketones is 1. The van der Waals surface area contributed by atoms with Crippen molar-refractivity contribution in [1.29, 1.82) is 5.41 Å². The molecule has 0 spiro atoms. The molecule has 0 aliphatic rings. The van der Waals surface area contributed by atoms with Gasteiger partial charge in [-0.25, -0.2) is 4.79 Å². The zero-order chi connectivity index (χ0) is 19.3. The van der Waals surface area contributed by atoms with Gasteiger partial charge in [0.1, 0.15) is 12.4 Å². The second-order valence-electron chi connectivity index (χ2n) is 5.67. The first-order valence-electron chi connectivity index (χ1n) is 7.77. The molecule has 0 aliphatic carbocycles. The Bertz CT molecular complexity index is 852. The number of hydrogen-bond donors (Lipinski definition) is 2. The molecular weight excluding hydrogens is 338 g/mol. The number of nitrogens with zero attached hydrogens (tertiary/aromatic N) is 4. The van der Waals surface area contributed by atoms with Crippen LogP contribution in [0.1, 0.15) is 19.4 Å². The molecule has 0 fully saturated rings.